The van der Waals surface area contributed by atoms with Gasteiger partial charge in [-0.05, 0) is 42.3 Å². The number of carbonyl (C=O) groups is 1. The Morgan fingerprint density at radius 2 is 1.70 bits per heavy atom. The fourth-order valence-corrected chi connectivity index (χ4v) is 3.16. The Kier molecular flexibility index (Phi) is 5.87. The van der Waals surface area contributed by atoms with E-state index in [9.17, 15) is 10.1 Å². The number of para-hydroxylation sites is 1. The van der Waals surface area contributed by atoms with E-state index in [1.807, 2.05) is 41.3 Å². The molecule has 0 saturated carbocycles. The fraction of sp³-hybridized carbons (Fsp3) is 0.227. The van der Waals surface area contributed by atoms with Crippen LogP contribution in [-0.2, 0) is 4.79 Å². The molecule has 5 heteroatoms. The zero-order valence-electron chi connectivity index (χ0n) is 15.0. The minimum Gasteiger partial charge on any atom is -0.369 e. The highest BCUT2D eigenvalue weighted by atomic mass is 16.2. The molecule has 134 valence electrons. The van der Waals surface area contributed by atoms with E-state index in [1.54, 1.807) is 24.3 Å². The highest BCUT2D eigenvalue weighted by Gasteiger charge is 2.19. The lowest BCUT2D eigenvalue weighted by Gasteiger charge is -2.24. The van der Waals surface area contributed by atoms with Crippen LogP contribution in [0.1, 0.15) is 23.1 Å². The van der Waals surface area contributed by atoms with Crippen molar-refractivity contribution in [3.63, 3.8) is 0 Å². The summed E-state index contributed by atoms with van der Waals surface area (Å²) >= 11 is 0. The number of hydrogen-bond donors (Lipinski definition) is 0. The molecule has 2 aromatic carbocycles. The second kappa shape index (κ2) is 8.69. The summed E-state index contributed by atoms with van der Waals surface area (Å²) < 4.78 is 0. The number of anilines is 1. The van der Waals surface area contributed by atoms with Crippen molar-refractivity contribution in [1.82, 2.24) is 4.90 Å². The van der Waals surface area contributed by atoms with Gasteiger partial charge < -0.3 is 9.80 Å². The van der Waals surface area contributed by atoms with Crippen molar-refractivity contribution < 1.29 is 4.79 Å². The molecule has 1 aliphatic rings. The molecule has 0 bridgehead atoms. The van der Waals surface area contributed by atoms with E-state index >= 15 is 0 Å². The molecule has 0 unspecified atom stereocenters. The smallest absolute Gasteiger partial charge is 0.246 e. The number of rotatable bonds is 3. The van der Waals surface area contributed by atoms with Crippen molar-refractivity contribution >= 4 is 17.7 Å². The maximum Gasteiger partial charge on any atom is 0.246 e. The number of benzene rings is 2. The second-order valence-electron chi connectivity index (χ2n) is 6.36. The first-order valence-electron chi connectivity index (χ1n) is 8.92. The minimum atomic E-state index is -0.0187. The van der Waals surface area contributed by atoms with E-state index in [1.165, 1.54) is 0 Å². The van der Waals surface area contributed by atoms with Gasteiger partial charge in [0.1, 0.15) is 6.07 Å². The lowest BCUT2D eigenvalue weighted by molar-refractivity contribution is -0.125. The summed E-state index contributed by atoms with van der Waals surface area (Å²) in [6.07, 6.45) is 4.22. The molecular formula is C22H20N4O. The van der Waals surface area contributed by atoms with Crippen molar-refractivity contribution in [2.45, 2.75) is 6.42 Å². The Bertz CT molecular complexity index is 919. The van der Waals surface area contributed by atoms with Gasteiger partial charge in [0.15, 0.2) is 0 Å². The standard InChI is InChI=1S/C22H20N4O/c23-16-19-8-6-18(7-9-19)10-11-22(27)26-13-3-12-25(14-15-26)21-5-2-1-4-20(21)17-24/h1-2,4-11H,3,12-15H2. The lowest BCUT2D eigenvalue weighted by atomic mass is 10.1. The quantitative estimate of drug-likeness (QED) is 0.792. The Labute approximate surface area is 159 Å². The molecule has 0 spiro atoms. The van der Waals surface area contributed by atoms with Crippen LogP contribution in [0.2, 0.25) is 0 Å². The molecule has 1 saturated heterocycles. The summed E-state index contributed by atoms with van der Waals surface area (Å²) in [5.74, 6) is -0.0187. The zero-order valence-corrected chi connectivity index (χ0v) is 15.0. The van der Waals surface area contributed by atoms with Crippen LogP contribution in [-0.4, -0.2) is 37.0 Å². The summed E-state index contributed by atoms with van der Waals surface area (Å²) in [6, 6.07) is 19.0. The minimum absolute atomic E-state index is 0.0187. The van der Waals surface area contributed by atoms with Gasteiger partial charge in [0, 0.05) is 32.3 Å². The van der Waals surface area contributed by atoms with Crippen LogP contribution >= 0.6 is 0 Å². The van der Waals surface area contributed by atoms with E-state index in [-0.39, 0.29) is 5.91 Å². The van der Waals surface area contributed by atoms with Gasteiger partial charge in [-0.1, -0.05) is 24.3 Å². The van der Waals surface area contributed by atoms with Crippen molar-refractivity contribution in [2.75, 3.05) is 31.1 Å². The number of hydrogen-bond acceptors (Lipinski definition) is 4. The van der Waals surface area contributed by atoms with Gasteiger partial charge in [-0.3, -0.25) is 4.79 Å². The Balaban J connectivity index is 1.63. The highest BCUT2D eigenvalue weighted by molar-refractivity contribution is 5.91. The first kappa shape index (κ1) is 18.2. The van der Waals surface area contributed by atoms with Crippen LogP contribution in [0.4, 0.5) is 5.69 Å². The summed E-state index contributed by atoms with van der Waals surface area (Å²) in [5.41, 5.74) is 3.09. The van der Waals surface area contributed by atoms with Gasteiger partial charge in [0.25, 0.3) is 0 Å². The monoisotopic (exact) mass is 356 g/mol. The number of amides is 1. The van der Waals surface area contributed by atoms with E-state index in [0.29, 0.717) is 30.8 Å². The van der Waals surface area contributed by atoms with E-state index in [0.717, 1.165) is 24.2 Å². The molecule has 1 fully saturated rings. The van der Waals surface area contributed by atoms with Crippen LogP contribution in [0.25, 0.3) is 6.08 Å². The fourth-order valence-electron chi connectivity index (χ4n) is 3.16. The molecule has 1 aliphatic heterocycles. The van der Waals surface area contributed by atoms with E-state index in [2.05, 4.69) is 17.0 Å². The van der Waals surface area contributed by atoms with Gasteiger partial charge in [-0.15, -0.1) is 0 Å². The average Bonchev–Trinajstić information content (AvgIpc) is 2.98. The van der Waals surface area contributed by atoms with Gasteiger partial charge in [-0.2, -0.15) is 10.5 Å². The molecule has 0 aromatic heterocycles. The van der Waals surface area contributed by atoms with Crippen molar-refractivity contribution in [2.24, 2.45) is 0 Å². The Morgan fingerprint density at radius 3 is 2.44 bits per heavy atom. The maximum absolute atomic E-state index is 12.5. The predicted octanol–water partition coefficient (Wildman–Crippen LogP) is 3.18. The molecule has 3 rings (SSSR count). The van der Waals surface area contributed by atoms with Crippen LogP contribution in [0.3, 0.4) is 0 Å². The van der Waals surface area contributed by atoms with Crippen LogP contribution in [0.15, 0.2) is 54.6 Å². The molecule has 0 N–H and O–H groups in total. The third-order valence-corrected chi connectivity index (χ3v) is 4.63. The van der Waals surface area contributed by atoms with Crippen LogP contribution in [0.5, 0.6) is 0 Å². The van der Waals surface area contributed by atoms with Gasteiger partial charge in [0.2, 0.25) is 5.91 Å². The third-order valence-electron chi connectivity index (χ3n) is 4.63. The number of nitrogens with zero attached hydrogens (tertiary/aromatic N) is 4. The molecular weight excluding hydrogens is 336 g/mol. The first-order chi connectivity index (χ1) is 13.2. The summed E-state index contributed by atoms with van der Waals surface area (Å²) in [4.78, 5) is 16.5. The van der Waals surface area contributed by atoms with Gasteiger partial charge in [0.05, 0.1) is 22.9 Å². The van der Waals surface area contributed by atoms with Gasteiger partial charge in [-0.25, -0.2) is 0 Å². The highest BCUT2D eigenvalue weighted by Crippen LogP contribution is 2.21. The Hall–Kier alpha value is -3.57. The molecule has 1 amide bonds. The Morgan fingerprint density at radius 1 is 0.926 bits per heavy atom. The van der Waals surface area contributed by atoms with Crippen molar-refractivity contribution in [1.29, 1.82) is 10.5 Å². The van der Waals surface area contributed by atoms with Crippen LogP contribution in [0, 0.1) is 22.7 Å². The maximum atomic E-state index is 12.5. The molecule has 0 atom stereocenters. The van der Waals surface area contributed by atoms with Crippen molar-refractivity contribution in [3.05, 3.63) is 71.3 Å². The molecule has 0 aliphatic carbocycles. The first-order valence-corrected chi connectivity index (χ1v) is 8.92. The third kappa shape index (κ3) is 4.54. The topological polar surface area (TPSA) is 71.1 Å². The molecule has 2 aromatic rings. The average molecular weight is 356 g/mol. The normalized spacial score (nSPS) is 14.4. The summed E-state index contributed by atoms with van der Waals surface area (Å²) in [5, 5.41) is 18.1. The molecule has 1 heterocycles. The van der Waals surface area contributed by atoms with Gasteiger partial charge >= 0.3 is 0 Å². The van der Waals surface area contributed by atoms with Crippen LogP contribution < -0.4 is 4.90 Å². The predicted molar refractivity (Wildman–Crippen MR) is 105 cm³/mol. The van der Waals surface area contributed by atoms with Crippen molar-refractivity contribution in [3.8, 4) is 12.1 Å². The largest absolute Gasteiger partial charge is 0.369 e. The summed E-state index contributed by atoms with van der Waals surface area (Å²) in [6.45, 7) is 2.84. The number of carbonyl (C=O) groups excluding carboxylic acids is 1. The van der Waals surface area contributed by atoms with E-state index in [4.69, 9.17) is 5.26 Å². The molecule has 27 heavy (non-hydrogen) atoms. The molecule has 0 radical (unpaired) electrons. The second-order valence-corrected chi connectivity index (χ2v) is 6.36. The SMILES string of the molecule is N#Cc1ccc(C=CC(=O)N2CCCN(c3ccccc3C#N)CC2)cc1. The summed E-state index contributed by atoms with van der Waals surface area (Å²) in [7, 11) is 0. The molecule has 5 nitrogen and oxygen atoms in total. The number of nitriles is 2. The lowest BCUT2D eigenvalue weighted by Crippen LogP contribution is -2.34. The van der Waals surface area contributed by atoms with E-state index < -0.39 is 0 Å². The zero-order chi connectivity index (χ0) is 19.1.